The summed E-state index contributed by atoms with van der Waals surface area (Å²) >= 11 is 3.01. The Morgan fingerprint density at radius 1 is 1.22 bits per heavy atom. The third kappa shape index (κ3) is 3.79. The molecular weight excluding hydrogens is 378 g/mol. The molecule has 3 aromatic rings. The number of hydrogen-bond donors (Lipinski definition) is 1. The van der Waals surface area contributed by atoms with Crippen LogP contribution in [-0.4, -0.2) is 34.3 Å². The van der Waals surface area contributed by atoms with Crippen molar-refractivity contribution in [1.82, 2.24) is 9.88 Å². The Bertz CT molecular complexity index is 965. The first-order valence-corrected chi connectivity index (χ1v) is 10.6. The van der Waals surface area contributed by atoms with Crippen molar-refractivity contribution in [2.45, 2.75) is 25.8 Å². The summed E-state index contributed by atoms with van der Waals surface area (Å²) in [6.45, 7) is 2.59. The summed E-state index contributed by atoms with van der Waals surface area (Å²) in [5.41, 5.74) is 2.60. The molecule has 1 aromatic carbocycles. The van der Waals surface area contributed by atoms with Gasteiger partial charge in [0.2, 0.25) is 5.91 Å². The number of aromatic nitrogens is 1. The van der Waals surface area contributed by atoms with Gasteiger partial charge in [0.25, 0.3) is 5.91 Å². The molecule has 1 atom stereocenters. The van der Waals surface area contributed by atoms with E-state index in [0.717, 1.165) is 28.4 Å². The lowest BCUT2D eigenvalue weighted by atomic mass is 10.1. The van der Waals surface area contributed by atoms with E-state index in [1.807, 2.05) is 48.0 Å². The molecule has 1 aliphatic heterocycles. The first-order chi connectivity index (χ1) is 13.1. The van der Waals surface area contributed by atoms with E-state index in [0.29, 0.717) is 17.8 Å². The molecule has 1 unspecified atom stereocenters. The highest BCUT2D eigenvalue weighted by atomic mass is 32.1. The number of rotatable bonds is 4. The number of nitrogens with zero attached hydrogens (tertiary/aromatic N) is 2. The molecule has 3 heterocycles. The Morgan fingerprint density at radius 2 is 2.11 bits per heavy atom. The van der Waals surface area contributed by atoms with Crippen LogP contribution in [0.3, 0.4) is 0 Å². The van der Waals surface area contributed by atoms with Crippen LogP contribution in [0.4, 0.5) is 5.69 Å². The quantitative estimate of drug-likeness (QED) is 0.709. The van der Waals surface area contributed by atoms with Crippen LogP contribution in [0, 0.1) is 6.92 Å². The zero-order valence-electron chi connectivity index (χ0n) is 14.8. The summed E-state index contributed by atoms with van der Waals surface area (Å²) in [6, 6.07) is 10.9. The molecule has 2 amide bonds. The lowest BCUT2D eigenvalue weighted by Gasteiger charge is -2.23. The SMILES string of the molecule is Cc1nc(-c2cccc(NC(=O)C3CCCN3C(=O)c3cccs3)c2)cs1. The molecule has 2 aromatic heterocycles. The second kappa shape index (κ2) is 7.62. The molecule has 27 heavy (non-hydrogen) atoms. The van der Waals surface area contributed by atoms with Crippen molar-refractivity contribution in [3.05, 3.63) is 57.0 Å². The number of aryl methyl sites for hydroxylation is 1. The number of carbonyl (C=O) groups is 2. The van der Waals surface area contributed by atoms with Gasteiger partial charge in [-0.25, -0.2) is 4.98 Å². The van der Waals surface area contributed by atoms with Crippen molar-refractivity contribution in [1.29, 1.82) is 0 Å². The number of likely N-dealkylation sites (tertiary alicyclic amines) is 1. The topological polar surface area (TPSA) is 62.3 Å². The molecule has 0 saturated carbocycles. The predicted octanol–water partition coefficient (Wildman–Crippen LogP) is 4.42. The molecule has 0 radical (unpaired) electrons. The van der Waals surface area contributed by atoms with Gasteiger partial charge in [-0.05, 0) is 43.3 Å². The summed E-state index contributed by atoms with van der Waals surface area (Å²) in [5, 5.41) is 7.87. The van der Waals surface area contributed by atoms with Gasteiger partial charge in [-0.1, -0.05) is 18.2 Å². The van der Waals surface area contributed by atoms with Gasteiger partial charge in [0.1, 0.15) is 6.04 Å². The van der Waals surface area contributed by atoms with Crippen LogP contribution >= 0.6 is 22.7 Å². The molecule has 0 aliphatic carbocycles. The first kappa shape index (κ1) is 17.9. The highest BCUT2D eigenvalue weighted by Crippen LogP contribution is 2.26. The van der Waals surface area contributed by atoms with Gasteiger partial charge in [-0.15, -0.1) is 22.7 Å². The largest absolute Gasteiger partial charge is 0.326 e. The summed E-state index contributed by atoms with van der Waals surface area (Å²) in [6.07, 6.45) is 1.53. The summed E-state index contributed by atoms with van der Waals surface area (Å²) in [5.74, 6) is -0.196. The molecule has 138 valence electrons. The summed E-state index contributed by atoms with van der Waals surface area (Å²) < 4.78 is 0. The Morgan fingerprint density at radius 3 is 2.85 bits per heavy atom. The number of carbonyl (C=O) groups excluding carboxylic acids is 2. The summed E-state index contributed by atoms with van der Waals surface area (Å²) in [4.78, 5) is 32.4. The number of anilines is 1. The minimum Gasteiger partial charge on any atom is -0.326 e. The maximum absolute atomic E-state index is 12.8. The minimum absolute atomic E-state index is 0.0608. The van der Waals surface area contributed by atoms with E-state index in [1.54, 1.807) is 22.3 Å². The van der Waals surface area contributed by atoms with E-state index in [1.165, 1.54) is 11.3 Å². The highest BCUT2D eigenvalue weighted by molar-refractivity contribution is 7.12. The van der Waals surface area contributed by atoms with Crippen LogP contribution in [-0.2, 0) is 4.79 Å². The molecule has 1 aliphatic rings. The smallest absolute Gasteiger partial charge is 0.264 e. The number of benzene rings is 1. The van der Waals surface area contributed by atoms with Gasteiger partial charge in [0.15, 0.2) is 0 Å². The van der Waals surface area contributed by atoms with Crippen LogP contribution < -0.4 is 5.32 Å². The van der Waals surface area contributed by atoms with E-state index >= 15 is 0 Å². The van der Waals surface area contributed by atoms with Gasteiger partial charge in [0.05, 0.1) is 15.6 Å². The highest BCUT2D eigenvalue weighted by Gasteiger charge is 2.34. The Balaban J connectivity index is 1.49. The van der Waals surface area contributed by atoms with E-state index < -0.39 is 6.04 Å². The van der Waals surface area contributed by atoms with Crippen molar-refractivity contribution in [3.63, 3.8) is 0 Å². The van der Waals surface area contributed by atoms with Crippen LogP contribution in [0.2, 0.25) is 0 Å². The van der Waals surface area contributed by atoms with Gasteiger partial charge in [0, 0.05) is 23.2 Å². The van der Waals surface area contributed by atoms with E-state index in [4.69, 9.17) is 0 Å². The standard InChI is InChI=1S/C20H19N3O2S2/c1-13-21-16(12-27-13)14-5-2-6-15(11-14)22-19(24)17-7-3-9-23(17)20(25)18-8-4-10-26-18/h2,4-6,8,10-12,17H,3,7,9H2,1H3,(H,22,24). The predicted molar refractivity (Wildman–Crippen MR) is 109 cm³/mol. The Kier molecular flexibility index (Phi) is 5.05. The minimum atomic E-state index is -0.426. The van der Waals surface area contributed by atoms with Crippen molar-refractivity contribution in [3.8, 4) is 11.3 Å². The van der Waals surface area contributed by atoms with Crippen molar-refractivity contribution in [2.75, 3.05) is 11.9 Å². The molecule has 1 saturated heterocycles. The molecule has 1 fully saturated rings. The second-order valence-corrected chi connectivity index (χ2v) is 8.47. The van der Waals surface area contributed by atoms with Gasteiger partial charge >= 0.3 is 0 Å². The molecular formula is C20H19N3O2S2. The fourth-order valence-corrected chi connectivity index (χ4v) is 4.60. The van der Waals surface area contributed by atoms with Crippen LogP contribution in [0.15, 0.2) is 47.2 Å². The van der Waals surface area contributed by atoms with E-state index in [-0.39, 0.29) is 11.8 Å². The van der Waals surface area contributed by atoms with Crippen LogP contribution in [0.25, 0.3) is 11.3 Å². The van der Waals surface area contributed by atoms with Gasteiger partial charge < -0.3 is 10.2 Å². The monoisotopic (exact) mass is 397 g/mol. The zero-order valence-corrected chi connectivity index (χ0v) is 16.5. The Hall–Kier alpha value is -2.51. The van der Waals surface area contributed by atoms with Crippen LogP contribution in [0.1, 0.15) is 27.5 Å². The molecule has 0 spiro atoms. The number of nitrogens with one attached hydrogen (secondary N) is 1. The molecule has 5 nitrogen and oxygen atoms in total. The van der Waals surface area contributed by atoms with Crippen molar-refractivity contribution >= 4 is 40.2 Å². The number of hydrogen-bond acceptors (Lipinski definition) is 5. The molecule has 0 bridgehead atoms. The Labute approximate surface area is 165 Å². The van der Waals surface area contributed by atoms with Gasteiger partial charge in [-0.3, -0.25) is 9.59 Å². The summed E-state index contributed by atoms with van der Waals surface area (Å²) in [7, 11) is 0. The van der Waals surface area contributed by atoms with Crippen LogP contribution in [0.5, 0.6) is 0 Å². The lowest BCUT2D eigenvalue weighted by Crippen LogP contribution is -2.42. The third-order valence-electron chi connectivity index (χ3n) is 4.59. The maximum atomic E-state index is 12.8. The second-order valence-electron chi connectivity index (χ2n) is 6.46. The number of thiophene rings is 1. The fraction of sp³-hybridized carbons (Fsp3) is 0.250. The fourth-order valence-electron chi connectivity index (χ4n) is 3.30. The van der Waals surface area contributed by atoms with E-state index in [2.05, 4.69) is 10.3 Å². The lowest BCUT2D eigenvalue weighted by molar-refractivity contribution is -0.119. The van der Waals surface area contributed by atoms with Gasteiger partial charge in [-0.2, -0.15) is 0 Å². The normalized spacial score (nSPS) is 16.5. The maximum Gasteiger partial charge on any atom is 0.264 e. The van der Waals surface area contributed by atoms with Crippen molar-refractivity contribution in [2.24, 2.45) is 0 Å². The first-order valence-electron chi connectivity index (χ1n) is 8.80. The number of thiazole rings is 1. The molecule has 1 N–H and O–H groups in total. The zero-order chi connectivity index (χ0) is 18.8. The average molecular weight is 398 g/mol. The average Bonchev–Trinajstić information content (AvgIpc) is 3.42. The molecule has 7 heteroatoms. The van der Waals surface area contributed by atoms with E-state index in [9.17, 15) is 9.59 Å². The molecule has 4 rings (SSSR count). The number of amides is 2. The van der Waals surface area contributed by atoms with Crippen molar-refractivity contribution < 1.29 is 9.59 Å². The third-order valence-corrected chi connectivity index (χ3v) is 6.22.